The molecule has 2 aromatic carbocycles. The van der Waals surface area contributed by atoms with E-state index in [-0.39, 0.29) is 22.6 Å². The molecule has 228 valence electrons. The van der Waals surface area contributed by atoms with E-state index in [9.17, 15) is 27.9 Å². The van der Waals surface area contributed by atoms with Gasteiger partial charge in [0.1, 0.15) is 5.76 Å². The lowest BCUT2D eigenvalue weighted by atomic mass is 9.82. The smallest absolute Gasteiger partial charge is 0.296 e. The van der Waals surface area contributed by atoms with Crippen LogP contribution in [-0.2, 0) is 34.7 Å². The number of ether oxygens (including phenoxy) is 1. The molecular weight excluding hydrogens is 572 g/mol. The quantitative estimate of drug-likeness (QED) is 0.288. The molecule has 3 saturated heterocycles. The molecule has 1 atom stereocenters. The molecule has 1 spiro atoms. The van der Waals surface area contributed by atoms with Crippen molar-refractivity contribution in [1.82, 2.24) is 14.1 Å². The second-order valence-electron chi connectivity index (χ2n) is 11.4. The topological polar surface area (TPSA) is 128 Å². The number of piperidine rings is 1. The number of hydrogen-bond donors (Lipinski definition) is 1. The SMILES string of the molecule is CN1C(=O)C2(/C(=C(/O)c3ccc(S(=O)(=O)N4CCCCC4)cc3)C(=O)C(=O)N2CCCN2CCOCC2)c2ccccc21. The number of benzene rings is 2. The summed E-state index contributed by atoms with van der Waals surface area (Å²) < 4.78 is 33.2. The normalized spacial score (nSPS) is 24.7. The number of likely N-dealkylation sites (N-methyl/N-ethyl adjacent to an activating group) is 1. The number of morpholine rings is 1. The first-order valence-electron chi connectivity index (χ1n) is 14.8. The van der Waals surface area contributed by atoms with Crippen LogP contribution in [0.4, 0.5) is 5.69 Å². The van der Waals surface area contributed by atoms with Crippen molar-refractivity contribution in [2.75, 3.05) is 64.4 Å². The number of carbonyl (C=O) groups is 3. The molecule has 0 aliphatic carbocycles. The van der Waals surface area contributed by atoms with Crippen molar-refractivity contribution in [1.29, 1.82) is 0 Å². The molecule has 0 saturated carbocycles. The zero-order valence-electron chi connectivity index (χ0n) is 24.2. The first-order valence-corrected chi connectivity index (χ1v) is 16.2. The van der Waals surface area contributed by atoms with Gasteiger partial charge in [-0.2, -0.15) is 4.31 Å². The number of aliphatic hydroxyl groups is 1. The Balaban J connectivity index is 1.41. The van der Waals surface area contributed by atoms with E-state index in [0.29, 0.717) is 50.5 Å². The van der Waals surface area contributed by atoms with Gasteiger partial charge in [-0.1, -0.05) is 24.6 Å². The van der Waals surface area contributed by atoms with Gasteiger partial charge in [0.15, 0.2) is 5.54 Å². The van der Waals surface area contributed by atoms with Crippen molar-refractivity contribution >= 4 is 39.1 Å². The standard InChI is InChI=1S/C31H36N4O7S/c1-32-25-9-4-3-8-24(25)31(30(32)39)26(28(37)29(38)35(31)17-7-14-33-18-20-42-21-19-33)27(36)22-10-12-23(13-11-22)43(40,41)34-15-5-2-6-16-34/h3-4,8-13,36H,2,5-7,14-21H2,1H3/b27-26+. The van der Waals surface area contributed by atoms with Gasteiger partial charge in [0.2, 0.25) is 10.0 Å². The Morgan fingerprint density at radius 3 is 2.28 bits per heavy atom. The van der Waals surface area contributed by atoms with E-state index in [0.717, 1.165) is 32.4 Å². The number of amides is 2. The van der Waals surface area contributed by atoms with Crippen molar-refractivity contribution < 1.29 is 32.6 Å². The number of likely N-dealkylation sites (tertiary alicyclic amines) is 1. The second kappa shape index (κ2) is 11.5. The Kier molecular flexibility index (Phi) is 7.88. The average molecular weight is 609 g/mol. The fraction of sp³-hybridized carbons (Fsp3) is 0.452. The fourth-order valence-corrected chi connectivity index (χ4v) is 8.25. The number of para-hydroxylation sites is 1. The molecule has 4 aliphatic heterocycles. The van der Waals surface area contributed by atoms with Gasteiger partial charge < -0.3 is 19.6 Å². The minimum atomic E-state index is -3.72. The molecule has 11 nitrogen and oxygen atoms in total. The molecule has 2 amide bonds. The molecule has 1 unspecified atom stereocenters. The van der Waals surface area contributed by atoms with Crippen LogP contribution in [0.15, 0.2) is 59.0 Å². The highest BCUT2D eigenvalue weighted by Gasteiger charge is 2.66. The summed E-state index contributed by atoms with van der Waals surface area (Å²) in [6.07, 6.45) is 3.10. The lowest BCUT2D eigenvalue weighted by molar-refractivity contribution is -0.143. The number of anilines is 1. The lowest BCUT2D eigenvalue weighted by Gasteiger charge is -2.35. The number of nitrogens with zero attached hydrogens (tertiary/aromatic N) is 4. The molecule has 0 bridgehead atoms. The Bertz CT molecular complexity index is 1580. The van der Waals surface area contributed by atoms with Crippen molar-refractivity contribution in [3.05, 3.63) is 65.2 Å². The van der Waals surface area contributed by atoms with Crippen molar-refractivity contribution in [2.24, 2.45) is 0 Å². The van der Waals surface area contributed by atoms with E-state index in [4.69, 9.17) is 4.74 Å². The molecule has 4 heterocycles. The Labute approximate surface area is 251 Å². The van der Waals surface area contributed by atoms with E-state index in [1.165, 1.54) is 38.4 Å². The maximum absolute atomic E-state index is 14.2. The van der Waals surface area contributed by atoms with Crippen molar-refractivity contribution in [3.63, 3.8) is 0 Å². The zero-order chi connectivity index (χ0) is 30.4. The Morgan fingerprint density at radius 1 is 0.907 bits per heavy atom. The molecule has 6 rings (SSSR count). The summed E-state index contributed by atoms with van der Waals surface area (Å²) in [6, 6.07) is 12.6. The molecule has 2 aromatic rings. The van der Waals surface area contributed by atoms with Gasteiger partial charge in [-0.3, -0.25) is 19.3 Å². The molecular formula is C31H36N4O7S. The first kappa shape index (κ1) is 29.5. The van der Waals surface area contributed by atoms with Gasteiger partial charge in [-0.25, -0.2) is 8.42 Å². The van der Waals surface area contributed by atoms with Crippen LogP contribution in [0.5, 0.6) is 0 Å². The van der Waals surface area contributed by atoms with Crippen LogP contribution in [0.25, 0.3) is 5.76 Å². The van der Waals surface area contributed by atoms with Gasteiger partial charge in [-0.05, 0) is 49.6 Å². The van der Waals surface area contributed by atoms with Gasteiger partial charge in [0.25, 0.3) is 17.6 Å². The maximum Gasteiger partial charge on any atom is 0.296 e. The van der Waals surface area contributed by atoms with Crippen LogP contribution in [0.1, 0.15) is 36.8 Å². The van der Waals surface area contributed by atoms with E-state index in [2.05, 4.69) is 4.90 Å². The third-order valence-electron chi connectivity index (χ3n) is 8.98. The summed E-state index contributed by atoms with van der Waals surface area (Å²) in [4.78, 5) is 46.6. The molecule has 12 heteroatoms. The zero-order valence-corrected chi connectivity index (χ0v) is 25.0. The van der Waals surface area contributed by atoms with E-state index >= 15 is 0 Å². The summed E-state index contributed by atoms with van der Waals surface area (Å²) in [7, 11) is -2.13. The predicted octanol–water partition coefficient (Wildman–Crippen LogP) is 2.14. The van der Waals surface area contributed by atoms with Crippen LogP contribution in [0, 0.1) is 0 Å². The molecule has 0 aromatic heterocycles. The highest BCUT2D eigenvalue weighted by atomic mass is 32.2. The van der Waals surface area contributed by atoms with Crippen molar-refractivity contribution in [2.45, 2.75) is 36.1 Å². The van der Waals surface area contributed by atoms with Crippen LogP contribution in [-0.4, -0.2) is 105 Å². The highest BCUT2D eigenvalue weighted by molar-refractivity contribution is 7.89. The maximum atomic E-state index is 14.2. The van der Waals surface area contributed by atoms with Crippen molar-refractivity contribution in [3.8, 4) is 0 Å². The number of sulfonamides is 1. The number of fused-ring (bicyclic) bond motifs is 2. The Morgan fingerprint density at radius 2 is 1.58 bits per heavy atom. The van der Waals surface area contributed by atoms with E-state index in [1.807, 2.05) is 0 Å². The summed E-state index contributed by atoms with van der Waals surface area (Å²) in [5.41, 5.74) is -1.02. The summed E-state index contributed by atoms with van der Waals surface area (Å²) in [6.45, 7) is 4.46. The van der Waals surface area contributed by atoms with Crippen LogP contribution in [0.3, 0.4) is 0 Å². The van der Waals surface area contributed by atoms with Crippen LogP contribution in [0.2, 0.25) is 0 Å². The third-order valence-corrected chi connectivity index (χ3v) is 10.9. The number of hydrogen-bond acceptors (Lipinski definition) is 8. The first-order chi connectivity index (χ1) is 20.7. The lowest BCUT2D eigenvalue weighted by Crippen LogP contribution is -2.52. The van der Waals surface area contributed by atoms with Crippen LogP contribution >= 0.6 is 0 Å². The second-order valence-corrected chi connectivity index (χ2v) is 13.3. The minimum Gasteiger partial charge on any atom is -0.507 e. The number of ketones is 1. The molecule has 43 heavy (non-hydrogen) atoms. The largest absolute Gasteiger partial charge is 0.507 e. The van der Waals surface area contributed by atoms with Gasteiger partial charge in [-0.15, -0.1) is 0 Å². The average Bonchev–Trinajstić information content (AvgIpc) is 3.40. The molecule has 3 fully saturated rings. The summed E-state index contributed by atoms with van der Waals surface area (Å²) in [5.74, 6) is -2.84. The number of carbonyl (C=O) groups excluding carboxylic acids is 3. The fourth-order valence-electron chi connectivity index (χ4n) is 6.73. The Hall–Kier alpha value is -3.58. The van der Waals surface area contributed by atoms with Gasteiger partial charge >= 0.3 is 0 Å². The summed E-state index contributed by atoms with van der Waals surface area (Å²) >= 11 is 0. The molecule has 0 radical (unpaired) electrons. The third kappa shape index (κ3) is 4.76. The predicted molar refractivity (Wildman–Crippen MR) is 159 cm³/mol. The number of rotatable bonds is 7. The monoisotopic (exact) mass is 608 g/mol. The number of aliphatic hydroxyl groups excluding tert-OH is 1. The highest BCUT2D eigenvalue weighted by Crippen LogP contribution is 2.53. The van der Waals surface area contributed by atoms with E-state index < -0.39 is 38.9 Å². The van der Waals surface area contributed by atoms with Gasteiger partial charge in [0.05, 0.1) is 23.7 Å². The number of Topliss-reactive ketones (excluding diaryl/α,β-unsaturated/α-hetero) is 1. The van der Waals surface area contributed by atoms with E-state index in [1.54, 1.807) is 31.3 Å². The molecule has 4 aliphatic rings. The van der Waals surface area contributed by atoms with Crippen LogP contribution < -0.4 is 4.90 Å². The minimum absolute atomic E-state index is 0.0752. The summed E-state index contributed by atoms with van der Waals surface area (Å²) in [5, 5.41) is 11.7. The van der Waals surface area contributed by atoms with Gasteiger partial charge in [0, 0.05) is 63.1 Å². The molecule has 1 N–H and O–H groups in total.